The summed E-state index contributed by atoms with van der Waals surface area (Å²) in [4.78, 5) is 18.2. The Kier molecular flexibility index (Phi) is 4.92. The summed E-state index contributed by atoms with van der Waals surface area (Å²) in [6.45, 7) is 3.06. The molecule has 2 heterocycles. The van der Waals surface area contributed by atoms with Gasteiger partial charge in [0.25, 0.3) is 5.91 Å². The zero-order valence-electron chi connectivity index (χ0n) is 15.4. The third kappa shape index (κ3) is 4.02. The molecule has 2 N–H and O–H groups in total. The summed E-state index contributed by atoms with van der Waals surface area (Å²) < 4.78 is 7.02. The van der Waals surface area contributed by atoms with Crippen LogP contribution in [-0.2, 0) is 11.3 Å². The van der Waals surface area contributed by atoms with Gasteiger partial charge in [0, 0.05) is 5.39 Å². The molecule has 4 aromatic rings. The van der Waals surface area contributed by atoms with Gasteiger partial charge in [0.1, 0.15) is 22.9 Å². The van der Waals surface area contributed by atoms with Gasteiger partial charge in [-0.3, -0.25) is 4.79 Å². The fourth-order valence-corrected chi connectivity index (χ4v) is 4.25. The molecule has 1 amide bonds. The Labute approximate surface area is 161 Å². The number of hydrogen-bond acceptors (Lipinski definition) is 4. The third-order valence-electron chi connectivity index (χ3n) is 4.50. The van der Waals surface area contributed by atoms with Crippen molar-refractivity contribution in [3.05, 3.63) is 65.4 Å². The molecule has 0 aliphatic heterocycles. The van der Waals surface area contributed by atoms with Crippen LogP contribution in [-0.4, -0.2) is 24.5 Å². The molecule has 0 fully saturated rings. The normalized spacial score (nSPS) is 13.7. The van der Waals surface area contributed by atoms with Crippen molar-refractivity contribution in [1.29, 1.82) is 0 Å². The van der Waals surface area contributed by atoms with Gasteiger partial charge < -0.3 is 14.6 Å². The molecule has 0 bridgehead atoms. The summed E-state index contributed by atoms with van der Waals surface area (Å²) in [6.07, 6.45) is 0. The van der Waals surface area contributed by atoms with Gasteiger partial charge in [-0.2, -0.15) is 0 Å². The quantitative estimate of drug-likeness (QED) is 0.541. The van der Waals surface area contributed by atoms with Crippen LogP contribution in [0.4, 0.5) is 0 Å². The maximum absolute atomic E-state index is 12.4. The summed E-state index contributed by atoms with van der Waals surface area (Å²) in [5.74, 6) is 0.773. The van der Waals surface area contributed by atoms with Crippen LogP contribution in [0.3, 0.4) is 0 Å². The van der Waals surface area contributed by atoms with Gasteiger partial charge in [-0.1, -0.05) is 30.3 Å². The zero-order chi connectivity index (χ0) is 18.8. The third-order valence-corrected chi connectivity index (χ3v) is 5.54. The van der Waals surface area contributed by atoms with E-state index in [4.69, 9.17) is 4.42 Å². The van der Waals surface area contributed by atoms with Gasteiger partial charge >= 0.3 is 0 Å². The van der Waals surface area contributed by atoms with Crippen LogP contribution in [0, 0.1) is 0 Å². The molecule has 5 nitrogen and oxygen atoms in total. The Bertz CT molecular complexity index is 1020. The molecule has 4 rings (SSSR count). The molecule has 2 atom stereocenters. The summed E-state index contributed by atoms with van der Waals surface area (Å²) in [7, 11) is 2.01. The van der Waals surface area contributed by atoms with Crippen LogP contribution in [0.1, 0.15) is 23.7 Å². The molecule has 27 heavy (non-hydrogen) atoms. The number of carbonyl (C=O) groups excluding carboxylic acids is 1. The maximum Gasteiger partial charge on any atom is 0.275 e. The molecule has 138 valence electrons. The average molecular weight is 380 g/mol. The maximum atomic E-state index is 12.4. The molecule has 1 unspecified atom stereocenters. The monoisotopic (exact) mass is 380 g/mol. The summed E-state index contributed by atoms with van der Waals surface area (Å²) >= 11 is 1.69. The van der Waals surface area contributed by atoms with E-state index in [1.165, 1.54) is 4.70 Å². The first kappa shape index (κ1) is 17.7. The molecule has 0 saturated carbocycles. The van der Waals surface area contributed by atoms with E-state index >= 15 is 0 Å². The van der Waals surface area contributed by atoms with Gasteiger partial charge in [0.15, 0.2) is 6.54 Å². The minimum Gasteiger partial charge on any atom is -0.459 e. The fourth-order valence-electron chi connectivity index (χ4n) is 3.17. The number of carbonyl (C=O) groups is 1. The van der Waals surface area contributed by atoms with Crippen LogP contribution in [0.2, 0.25) is 0 Å². The SMILES string of the molecule is C[C@H](NC(=O)C[NH+](C)Cc1nc2ccccc2s1)c1cc2ccccc2o1. The van der Waals surface area contributed by atoms with E-state index < -0.39 is 0 Å². The van der Waals surface area contributed by atoms with Crippen LogP contribution < -0.4 is 10.2 Å². The number of rotatable bonds is 6. The van der Waals surface area contributed by atoms with E-state index in [9.17, 15) is 4.79 Å². The molecule has 2 aromatic carbocycles. The molecule has 6 heteroatoms. The number of nitrogens with one attached hydrogen (secondary N) is 2. The highest BCUT2D eigenvalue weighted by Crippen LogP contribution is 2.23. The minimum absolute atomic E-state index is 0.00145. The number of quaternary nitrogens is 1. The number of amides is 1. The predicted octanol–water partition coefficient (Wildman–Crippen LogP) is 2.93. The fraction of sp³-hybridized carbons (Fsp3) is 0.238. The lowest BCUT2D eigenvalue weighted by Crippen LogP contribution is -3.08. The Morgan fingerprint density at radius 1 is 1.22 bits per heavy atom. The number of benzene rings is 2. The summed E-state index contributed by atoms with van der Waals surface area (Å²) in [5.41, 5.74) is 1.86. The second-order valence-corrected chi connectivity index (χ2v) is 7.98. The predicted molar refractivity (Wildman–Crippen MR) is 108 cm³/mol. The van der Waals surface area contributed by atoms with Crippen molar-refractivity contribution >= 4 is 38.4 Å². The van der Waals surface area contributed by atoms with E-state index in [-0.39, 0.29) is 11.9 Å². The first-order valence-corrected chi connectivity index (χ1v) is 9.84. The first-order chi connectivity index (χ1) is 13.1. The Balaban J connectivity index is 1.35. The Morgan fingerprint density at radius 2 is 2.00 bits per heavy atom. The van der Waals surface area contributed by atoms with Crippen molar-refractivity contribution in [1.82, 2.24) is 10.3 Å². The molecule has 0 aliphatic carbocycles. The minimum atomic E-state index is -0.167. The van der Waals surface area contributed by atoms with Crippen LogP contribution in [0.25, 0.3) is 21.2 Å². The van der Waals surface area contributed by atoms with E-state index in [0.717, 1.165) is 38.7 Å². The first-order valence-electron chi connectivity index (χ1n) is 9.02. The molecule has 0 aliphatic rings. The summed E-state index contributed by atoms with van der Waals surface area (Å²) in [6, 6.07) is 17.8. The van der Waals surface area contributed by atoms with Crippen LogP contribution >= 0.6 is 11.3 Å². The second-order valence-electron chi connectivity index (χ2n) is 6.86. The number of nitrogens with zero attached hydrogens (tertiary/aromatic N) is 1. The number of aromatic nitrogens is 1. The largest absolute Gasteiger partial charge is 0.459 e. The summed E-state index contributed by atoms with van der Waals surface area (Å²) in [5, 5.41) is 5.13. The average Bonchev–Trinajstić information content (AvgIpc) is 3.24. The molecule has 0 spiro atoms. The van der Waals surface area contributed by atoms with Crippen molar-refractivity contribution < 1.29 is 14.1 Å². The van der Waals surface area contributed by atoms with E-state index in [1.54, 1.807) is 11.3 Å². The van der Waals surface area contributed by atoms with Gasteiger partial charge in [-0.15, -0.1) is 11.3 Å². The number of likely N-dealkylation sites (N-methyl/N-ethyl adjacent to an activating group) is 1. The van der Waals surface area contributed by atoms with E-state index in [2.05, 4.69) is 16.4 Å². The smallest absolute Gasteiger partial charge is 0.275 e. The number of thiazole rings is 1. The standard InChI is InChI=1S/C21H21N3O2S/c1-14(18-11-15-7-3-5-9-17(15)26-18)22-20(25)12-24(2)13-21-23-16-8-4-6-10-19(16)27-21/h3-11,14H,12-13H2,1-2H3,(H,22,25)/p+1/t14-/m0/s1. The van der Waals surface area contributed by atoms with Gasteiger partial charge in [0.05, 0.1) is 23.3 Å². The highest BCUT2D eigenvalue weighted by atomic mass is 32.1. The van der Waals surface area contributed by atoms with Gasteiger partial charge in [0.2, 0.25) is 0 Å². The molecular formula is C21H22N3O2S+. The molecule has 0 saturated heterocycles. The van der Waals surface area contributed by atoms with Crippen molar-refractivity contribution in [3.63, 3.8) is 0 Å². The van der Waals surface area contributed by atoms with Crippen LogP contribution in [0.15, 0.2) is 59.0 Å². The molecule has 2 aromatic heterocycles. The second kappa shape index (κ2) is 7.50. The lowest BCUT2D eigenvalue weighted by Gasteiger charge is -2.15. The van der Waals surface area contributed by atoms with Crippen molar-refractivity contribution in [2.45, 2.75) is 19.5 Å². The Hall–Kier alpha value is -2.70. The number of hydrogen-bond donors (Lipinski definition) is 2. The van der Waals surface area contributed by atoms with Crippen molar-refractivity contribution in [2.24, 2.45) is 0 Å². The van der Waals surface area contributed by atoms with Gasteiger partial charge in [-0.05, 0) is 31.2 Å². The van der Waals surface area contributed by atoms with Crippen LogP contribution in [0.5, 0.6) is 0 Å². The van der Waals surface area contributed by atoms with E-state index in [1.807, 2.05) is 62.5 Å². The lowest BCUT2D eigenvalue weighted by atomic mass is 10.2. The van der Waals surface area contributed by atoms with Gasteiger partial charge in [-0.25, -0.2) is 4.98 Å². The molecular weight excluding hydrogens is 358 g/mol. The van der Waals surface area contributed by atoms with Crippen molar-refractivity contribution in [3.8, 4) is 0 Å². The number of fused-ring (bicyclic) bond motifs is 2. The number of furan rings is 1. The van der Waals surface area contributed by atoms with E-state index in [0.29, 0.717) is 6.54 Å². The Morgan fingerprint density at radius 3 is 2.81 bits per heavy atom. The molecule has 0 radical (unpaired) electrons. The highest BCUT2D eigenvalue weighted by molar-refractivity contribution is 7.18. The zero-order valence-corrected chi connectivity index (χ0v) is 16.2. The lowest BCUT2D eigenvalue weighted by molar-refractivity contribution is -0.885. The topological polar surface area (TPSA) is 59.6 Å². The number of para-hydroxylation sites is 2. The highest BCUT2D eigenvalue weighted by Gasteiger charge is 2.18. The van der Waals surface area contributed by atoms with Crippen molar-refractivity contribution in [2.75, 3.05) is 13.6 Å².